The Hall–Kier alpha value is -1.24. The minimum Gasteiger partial charge on any atom is -0.354 e. The maximum absolute atomic E-state index is 4.56. The van der Waals surface area contributed by atoms with Gasteiger partial charge in [-0.3, -0.25) is 0 Å². The van der Waals surface area contributed by atoms with E-state index in [1.54, 1.807) is 0 Å². The third kappa shape index (κ3) is 3.86. The lowest BCUT2D eigenvalue weighted by atomic mass is 10.4. The molecule has 0 saturated carbocycles. The van der Waals surface area contributed by atoms with E-state index in [4.69, 9.17) is 0 Å². The summed E-state index contributed by atoms with van der Waals surface area (Å²) in [6.07, 6.45) is 1.18. The zero-order valence-electron chi connectivity index (χ0n) is 11.9. The Morgan fingerprint density at radius 3 is 2.79 bits per heavy atom. The van der Waals surface area contributed by atoms with Crippen LogP contribution in [-0.4, -0.2) is 60.2 Å². The van der Waals surface area contributed by atoms with Crippen LogP contribution in [0.2, 0.25) is 0 Å². The van der Waals surface area contributed by atoms with Crippen molar-refractivity contribution >= 4 is 29.6 Å². The Labute approximate surface area is 119 Å². The molecule has 0 atom stereocenters. The van der Waals surface area contributed by atoms with Gasteiger partial charge in [-0.05, 0) is 19.1 Å². The van der Waals surface area contributed by atoms with Crippen LogP contribution in [0, 0.1) is 0 Å². The number of anilines is 3. The number of nitrogens with zero attached hydrogens (tertiary/aromatic N) is 5. The summed E-state index contributed by atoms with van der Waals surface area (Å²) in [4.78, 5) is 17.7. The Kier molecular flexibility index (Phi) is 5.07. The van der Waals surface area contributed by atoms with Gasteiger partial charge in [0.05, 0.1) is 0 Å². The molecule has 1 N–H and O–H groups in total. The molecule has 1 aliphatic rings. The third-order valence-corrected chi connectivity index (χ3v) is 3.90. The van der Waals surface area contributed by atoms with Gasteiger partial charge in [-0.2, -0.15) is 26.7 Å². The molecule has 0 unspecified atom stereocenters. The van der Waals surface area contributed by atoms with E-state index < -0.39 is 0 Å². The number of thioether (sulfide) groups is 1. The quantitative estimate of drug-likeness (QED) is 0.893. The van der Waals surface area contributed by atoms with Crippen molar-refractivity contribution in [1.29, 1.82) is 0 Å². The first kappa shape index (κ1) is 14.2. The molecule has 0 amide bonds. The molecule has 0 radical (unpaired) electrons. The lowest BCUT2D eigenvalue weighted by Crippen LogP contribution is -2.29. The first-order chi connectivity index (χ1) is 9.20. The number of rotatable bonds is 4. The van der Waals surface area contributed by atoms with E-state index in [2.05, 4.69) is 25.2 Å². The third-order valence-electron chi connectivity index (χ3n) is 2.85. The summed E-state index contributed by atoms with van der Waals surface area (Å²) in [5, 5.41) is 3.18. The molecule has 1 aromatic heterocycles. The molecule has 7 heteroatoms. The minimum atomic E-state index is 0.660. The van der Waals surface area contributed by atoms with Crippen LogP contribution in [-0.2, 0) is 0 Å². The van der Waals surface area contributed by atoms with Crippen LogP contribution < -0.4 is 15.1 Å². The largest absolute Gasteiger partial charge is 0.354 e. The van der Waals surface area contributed by atoms with Crippen molar-refractivity contribution < 1.29 is 0 Å². The number of aromatic nitrogens is 3. The number of nitrogens with one attached hydrogen (secondary N) is 1. The van der Waals surface area contributed by atoms with Gasteiger partial charge in [-0.25, -0.2) is 0 Å². The predicted molar refractivity (Wildman–Crippen MR) is 82.5 cm³/mol. The maximum Gasteiger partial charge on any atom is 0.231 e. The Morgan fingerprint density at radius 1 is 1.21 bits per heavy atom. The molecule has 0 aliphatic carbocycles. The second-order valence-electron chi connectivity index (χ2n) is 4.64. The fraction of sp³-hybridized carbons (Fsp3) is 0.750. The fourth-order valence-electron chi connectivity index (χ4n) is 1.88. The van der Waals surface area contributed by atoms with Crippen molar-refractivity contribution in [3.05, 3.63) is 0 Å². The molecule has 1 saturated heterocycles. The monoisotopic (exact) mass is 282 g/mol. The highest BCUT2D eigenvalue weighted by molar-refractivity contribution is 7.99. The van der Waals surface area contributed by atoms with Crippen molar-refractivity contribution in [2.45, 2.75) is 13.3 Å². The van der Waals surface area contributed by atoms with Crippen molar-refractivity contribution in [1.82, 2.24) is 15.0 Å². The number of hydrogen-bond acceptors (Lipinski definition) is 7. The molecular weight excluding hydrogens is 260 g/mol. The van der Waals surface area contributed by atoms with Crippen LogP contribution in [0.1, 0.15) is 13.3 Å². The summed E-state index contributed by atoms with van der Waals surface area (Å²) < 4.78 is 0. The van der Waals surface area contributed by atoms with E-state index in [1.807, 2.05) is 37.7 Å². The SMILES string of the molecule is CCNc1nc(N(C)C)nc(N2CCCSCC2)n1. The van der Waals surface area contributed by atoms with Crippen LogP contribution in [0.25, 0.3) is 0 Å². The van der Waals surface area contributed by atoms with Gasteiger partial charge in [0.1, 0.15) is 0 Å². The van der Waals surface area contributed by atoms with Gasteiger partial charge < -0.3 is 15.1 Å². The van der Waals surface area contributed by atoms with Crippen molar-refractivity contribution in [3.8, 4) is 0 Å². The van der Waals surface area contributed by atoms with Crippen LogP contribution in [0.3, 0.4) is 0 Å². The van der Waals surface area contributed by atoms with Crippen LogP contribution in [0.5, 0.6) is 0 Å². The van der Waals surface area contributed by atoms with Crippen molar-refractivity contribution in [3.63, 3.8) is 0 Å². The Balaban J connectivity index is 2.26. The molecule has 1 fully saturated rings. The van der Waals surface area contributed by atoms with Gasteiger partial charge in [-0.15, -0.1) is 0 Å². The average Bonchev–Trinajstić information content (AvgIpc) is 2.67. The van der Waals surface area contributed by atoms with Crippen LogP contribution in [0.4, 0.5) is 17.8 Å². The Bertz CT molecular complexity index is 403. The number of hydrogen-bond donors (Lipinski definition) is 1. The van der Waals surface area contributed by atoms with Gasteiger partial charge in [0, 0.05) is 39.5 Å². The lowest BCUT2D eigenvalue weighted by Gasteiger charge is -2.22. The van der Waals surface area contributed by atoms with Crippen LogP contribution in [0.15, 0.2) is 0 Å². The van der Waals surface area contributed by atoms with Gasteiger partial charge in [0.25, 0.3) is 0 Å². The topological polar surface area (TPSA) is 57.2 Å². The highest BCUT2D eigenvalue weighted by Crippen LogP contribution is 2.18. The van der Waals surface area contributed by atoms with Crippen LogP contribution >= 0.6 is 11.8 Å². The molecule has 2 rings (SSSR count). The molecule has 6 nitrogen and oxygen atoms in total. The minimum absolute atomic E-state index is 0.660. The van der Waals surface area contributed by atoms with E-state index in [9.17, 15) is 0 Å². The highest BCUT2D eigenvalue weighted by atomic mass is 32.2. The lowest BCUT2D eigenvalue weighted by molar-refractivity contribution is 0.773. The summed E-state index contributed by atoms with van der Waals surface area (Å²) in [6.45, 7) is 4.89. The molecule has 1 aliphatic heterocycles. The zero-order chi connectivity index (χ0) is 13.7. The normalized spacial score (nSPS) is 16.1. The summed E-state index contributed by atoms with van der Waals surface area (Å²) in [6, 6.07) is 0. The zero-order valence-corrected chi connectivity index (χ0v) is 12.7. The van der Waals surface area contributed by atoms with Crippen molar-refractivity contribution in [2.24, 2.45) is 0 Å². The van der Waals surface area contributed by atoms with E-state index in [0.717, 1.165) is 31.3 Å². The van der Waals surface area contributed by atoms with Crippen molar-refractivity contribution in [2.75, 3.05) is 60.4 Å². The molecule has 1 aromatic rings. The summed E-state index contributed by atoms with van der Waals surface area (Å²) in [7, 11) is 3.90. The maximum atomic E-state index is 4.56. The van der Waals surface area contributed by atoms with Gasteiger partial charge >= 0.3 is 0 Å². The standard InChI is InChI=1S/C12H22N6S/c1-4-13-10-14-11(17(2)3)16-12(15-10)18-6-5-8-19-9-7-18/h4-9H2,1-3H3,(H,13,14,15,16). The second-order valence-corrected chi connectivity index (χ2v) is 5.86. The highest BCUT2D eigenvalue weighted by Gasteiger charge is 2.16. The first-order valence-electron chi connectivity index (χ1n) is 6.70. The summed E-state index contributed by atoms with van der Waals surface area (Å²) in [5.41, 5.74) is 0. The van der Waals surface area contributed by atoms with E-state index in [1.165, 1.54) is 12.2 Å². The van der Waals surface area contributed by atoms with Gasteiger partial charge in [0.2, 0.25) is 17.8 Å². The molecule has 2 heterocycles. The molecule has 19 heavy (non-hydrogen) atoms. The fourth-order valence-corrected chi connectivity index (χ4v) is 2.77. The average molecular weight is 282 g/mol. The second kappa shape index (κ2) is 6.79. The molecule has 0 aromatic carbocycles. The first-order valence-corrected chi connectivity index (χ1v) is 7.86. The molecule has 0 bridgehead atoms. The van der Waals surface area contributed by atoms with E-state index in [0.29, 0.717) is 11.9 Å². The predicted octanol–water partition coefficient (Wildman–Crippen LogP) is 1.31. The molecular formula is C12H22N6S. The smallest absolute Gasteiger partial charge is 0.231 e. The molecule has 106 valence electrons. The van der Waals surface area contributed by atoms with Gasteiger partial charge in [-0.1, -0.05) is 0 Å². The van der Waals surface area contributed by atoms with Gasteiger partial charge in [0.15, 0.2) is 0 Å². The summed E-state index contributed by atoms with van der Waals surface area (Å²) >= 11 is 2.00. The Morgan fingerprint density at radius 2 is 2.05 bits per heavy atom. The van der Waals surface area contributed by atoms with E-state index in [-0.39, 0.29) is 0 Å². The summed E-state index contributed by atoms with van der Waals surface area (Å²) in [5.74, 6) is 4.52. The molecule has 0 spiro atoms. The van der Waals surface area contributed by atoms with E-state index >= 15 is 0 Å².